The van der Waals surface area contributed by atoms with Gasteiger partial charge in [0.15, 0.2) is 0 Å². The molecular weight excluding hydrogens is 136 g/mol. The number of aryl methyl sites for hydroxylation is 2. The summed E-state index contributed by atoms with van der Waals surface area (Å²) in [6.07, 6.45) is 3.65. The van der Waals surface area contributed by atoms with Gasteiger partial charge < -0.3 is 4.57 Å². The van der Waals surface area contributed by atoms with Crippen LogP contribution in [-0.2, 0) is 6.54 Å². The molecule has 0 aliphatic carbocycles. The van der Waals surface area contributed by atoms with Crippen molar-refractivity contribution in [1.82, 2.24) is 4.57 Å². The molecule has 1 aromatic heterocycles. The minimum atomic E-state index is 0.650. The van der Waals surface area contributed by atoms with E-state index in [1.54, 1.807) is 0 Å². The second-order valence-corrected chi connectivity index (χ2v) is 2.60. The number of hydrogen-bond acceptors (Lipinski definition) is 1. The van der Waals surface area contributed by atoms with Gasteiger partial charge in [0.25, 0.3) is 0 Å². The Balaban J connectivity index is 2.40. The highest BCUT2D eigenvalue weighted by Crippen LogP contribution is 2.01. The highest BCUT2D eigenvalue weighted by Gasteiger charge is 1.92. The molecule has 0 N–H and O–H groups in total. The molecule has 0 saturated heterocycles. The second kappa shape index (κ2) is 3.82. The zero-order valence-corrected chi connectivity index (χ0v) is 6.75. The summed E-state index contributed by atoms with van der Waals surface area (Å²) < 4.78 is 2.16. The Morgan fingerprint density at radius 2 is 2.45 bits per heavy atom. The molecule has 0 unspecified atom stereocenters. The van der Waals surface area contributed by atoms with Crippen LogP contribution < -0.4 is 0 Å². The lowest BCUT2D eigenvalue weighted by Gasteiger charge is -2.02. The predicted octanol–water partition coefficient (Wildman–Crippen LogP) is 2.10. The Labute approximate surface area is 67.1 Å². The highest BCUT2D eigenvalue weighted by molar-refractivity contribution is 5.04. The van der Waals surface area contributed by atoms with Crippen molar-refractivity contribution in [3.8, 4) is 6.07 Å². The van der Waals surface area contributed by atoms with E-state index in [-0.39, 0.29) is 0 Å². The number of hydrogen-bond donors (Lipinski definition) is 0. The summed E-state index contributed by atoms with van der Waals surface area (Å²) in [5, 5.41) is 8.30. The SMILES string of the molecule is Cc1cccn1CCCC#N. The maximum Gasteiger partial charge on any atom is 0.0622 e. The van der Waals surface area contributed by atoms with Crippen LogP contribution in [0.3, 0.4) is 0 Å². The molecule has 0 amide bonds. The van der Waals surface area contributed by atoms with E-state index < -0.39 is 0 Å². The molecule has 2 heteroatoms. The molecule has 1 aromatic rings. The van der Waals surface area contributed by atoms with Crippen LogP contribution in [0, 0.1) is 18.3 Å². The summed E-state index contributed by atoms with van der Waals surface area (Å²) in [4.78, 5) is 0. The lowest BCUT2D eigenvalue weighted by atomic mass is 10.3. The summed E-state index contributed by atoms with van der Waals surface area (Å²) in [7, 11) is 0. The van der Waals surface area contributed by atoms with Gasteiger partial charge in [0.05, 0.1) is 6.07 Å². The summed E-state index contributed by atoms with van der Waals surface area (Å²) in [5.74, 6) is 0. The van der Waals surface area contributed by atoms with E-state index in [0.29, 0.717) is 6.42 Å². The molecule has 58 valence electrons. The monoisotopic (exact) mass is 148 g/mol. The van der Waals surface area contributed by atoms with E-state index in [2.05, 4.69) is 23.6 Å². The minimum Gasteiger partial charge on any atom is -0.352 e. The summed E-state index contributed by atoms with van der Waals surface area (Å²) in [6, 6.07) is 6.24. The van der Waals surface area contributed by atoms with Crippen LogP contribution in [0.15, 0.2) is 18.3 Å². The van der Waals surface area contributed by atoms with Crippen molar-refractivity contribution < 1.29 is 0 Å². The third-order valence-electron chi connectivity index (χ3n) is 1.74. The van der Waals surface area contributed by atoms with Gasteiger partial charge in [0.1, 0.15) is 0 Å². The van der Waals surface area contributed by atoms with Crippen molar-refractivity contribution in [3.63, 3.8) is 0 Å². The summed E-state index contributed by atoms with van der Waals surface area (Å²) >= 11 is 0. The molecule has 0 spiro atoms. The van der Waals surface area contributed by atoms with Crippen LogP contribution in [0.2, 0.25) is 0 Å². The third-order valence-corrected chi connectivity index (χ3v) is 1.74. The lowest BCUT2D eigenvalue weighted by molar-refractivity contribution is 0.642. The lowest BCUT2D eigenvalue weighted by Crippen LogP contribution is -1.97. The van der Waals surface area contributed by atoms with Crippen molar-refractivity contribution in [2.45, 2.75) is 26.3 Å². The Morgan fingerprint density at radius 1 is 1.64 bits per heavy atom. The van der Waals surface area contributed by atoms with Gasteiger partial charge in [-0.2, -0.15) is 5.26 Å². The van der Waals surface area contributed by atoms with Gasteiger partial charge in [0.2, 0.25) is 0 Å². The minimum absolute atomic E-state index is 0.650. The van der Waals surface area contributed by atoms with Crippen LogP contribution in [-0.4, -0.2) is 4.57 Å². The molecule has 0 atom stereocenters. The molecule has 0 radical (unpaired) electrons. The van der Waals surface area contributed by atoms with Gasteiger partial charge in [-0.1, -0.05) is 0 Å². The van der Waals surface area contributed by atoms with Crippen LogP contribution in [0.5, 0.6) is 0 Å². The molecule has 0 aliphatic rings. The first-order chi connectivity index (χ1) is 5.34. The fraction of sp³-hybridized carbons (Fsp3) is 0.444. The molecule has 0 bridgehead atoms. The van der Waals surface area contributed by atoms with Gasteiger partial charge in [-0.3, -0.25) is 0 Å². The molecule has 1 heterocycles. The van der Waals surface area contributed by atoms with Crippen molar-refractivity contribution in [2.24, 2.45) is 0 Å². The number of nitrogens with zero attached hydrogens (tertiary/aromatic N) is 2. The zero-order valence-electron chi connectivity index (χ0n) is 6.75. The highest BCUT2D eigenvalue weighted by atomic mass is 14.9. The quantitative estimate of drug-likeness (QED) is 0.603. The Kier molecular flexibility index (Phi) is 2.74. The van der Waals surface area contributed by atoms with Crippen LogP contribution >= 0.6 is 0 Å². The van der Waals surface area contributed by atoms with Crippen LogP contribution in [0.25, 0.3) is 0 Å². The fourth-order valence-electron chi connectivity index (χ4n) is 1.08. The molecule has 2 nitrogen and oxygen atoms in total. The number of rotatable bonds is 3. The maximum atomic E-state index is 8.30. The van der Waals surface area contributed by atoms with Gasteiger partial charge in [-0.15, -0.1) is 0 Å². The van der Waals surface area contributed by atoms with Crippen molar-refractivity contribution in [3.05, 3.63) is 24.0 Å². The van der Waals surface area contributed by atoms with E-state index in [9.17, 15) is 0 Å². The standard InChI is InChI=1S/C9H12N2/c1-9-5-4-8-11(9)7-3-2-6-10/h4-5,8H,2-3,7H2,1H3. The molecule has 0 saturated carbocycles. The van der Waals surface area contributed by atoms with Gasteiger partial charge >= 0.3 is 0 Å². The summed E-state index contributed by atoms with van der Waals surface area (Å²) in [6.45, 7) is 3.04. The van der Waals surface area contributed by atoms with Crippen LogP contribution in [0.1, 0.15) is 18.5 Å². The molecule has 0 aliphatic heterocycles. The Morgan fingerprint density at radius 3 is 3.00 bits per heavy atom. The number of unbranched alkanes of at least 4 members (excludes halogenated alkanes) is 1. The summed E-state index contributed by atoms with van der Waals surface area (Å²) in [5.41, 5.74) is 1.27. The van der Waals surface area contributed by atoms with Crippen molar-refractivity contribution >= 4 is 0 Å². The van der Waals surface area contributed by atoms with E-state index in [0.717, 1.165) is 13.0 Å². The molecule has 0 fully saturated rings. The van der Waals surface area contributed by atoms with E-state index >= 15 is 0 Å². The maximum absolute atomic E-state index is 8.30. The fourth-order valence-corrected chi connectivity index (χ4v) is 1.08. The molecule has 11 heavy (non-hydrogen) atoms. The first-order valence-electron chi connectivity index (χ1n) is 3.83. The molecule has 1 rings (SSSR count). The zero-order chi connectivity index (χ0) is 8.10. The second-order valence-electron chi connectivity index (χ2n) is 2.60. The Hall–Kier alpha value is -1.23. The predicted molar refractivity (Wildman–Crippen MR) is 44.0 cm³/mol. The van der Waals surface area contributed by atoms with E-state index in [4.69, 9.17) is 5.26 Å². The first-order valence-corrected chi connectivity index (χ1v) is 3.83. The molecule has 0 aromatic carbocycles. The molecular formula is C9H12N2. The third kappa shape index (κ3) is 2.12. The van der Waals surface area contributed by atoms with Crippen LogP contribution in [0.4, 0.5) is 0 Å². The normalized spacial score (nSPS) is 9.45. The number of nitriles is 1. The number of aromatic nitrogens is 1. The largest absolute Gasteiger partial charge is 0.352 e. The van der Waals surface area contributed by atoms with E-state index in [1.165, 1.54) is 5.69 Å². The smallest absolute Gasteiger partial charge is 0.0622 e. The first kappa shape index (κ1) is 7.87. The van der Waals surface area contributed by atoms with Crippen molar-refractivity contribution in [2.75, 3.05) is 0 Å². The average molecular weight is 148 g/mol. The van der Waals surface area contributed by atoms with Crippen molar-refractivity contribution in [1.29, 1.82) is 5.26 Å². The topological polar surface area (TPSA) is 28.7 Å². The van der Waals surface area contributed by atoms with Gasteiger partial charge in [-0.25, -0.2) is 0 Å². The Bertz CT molecular complexity index is 255. The van der Waals surface area contributed by atoms with Gasteiger partial charge in [-0.05, 0) is 25.5 Å². The van der Waals surface area contributed by atoms with Gasteiger partial charge in [0, 0.05) is 24.9 Å². The van der Waals surface area contributed by atoms with E-state index in [1.807, 2.05) is 12.3 Å². The average Bonchev–Trinajstić information content (AvgIpc) is 2.37.